The molecule has 0 saturated carbocycles. The van der Waals surface area contributed by atoms with Gasteiger partial charge in [0.1, 0.15) is 17.2 Å². The molecule has 5 nitrogen and oxygen atoms in total. The summed E-state index contributed by atoms with van der Waals surface area (Å²) in [6, 6.07) is 0. The first-order valence-corrected chi connectivity index (χ1v) is 6.09. The molecule has 1 rings (SSSR count). The van der Waals surface area contributed by atoms with Gasteiger partial charge in [0, 0.05) is 11.7 Å². The van der Waals surface area contributed by atoms with Crippen molar-refractivity contribution in [3.63, 3.8) is 0 Å². The Morgan fingerprint density at radius 2 is 2.17 bits per heavy atom. The second kappa shape index (κ2) is 5.80. The average Bonchev–Trinajstić information content (AvgIpc) is 2.27. The van der Waals surface area contributed by atoms with Gasteiger partial charge in [-0.25, -0.2) is 14.8 Å². The fraction of sp³-hybridized carbons (Fsp3) is 0.615. The number of hydrogen-bond donors (Lipinski definition) is 1. The number of methoxy groups -OCH3 is 1. The highest BCUT2D eigenvalue weighted by molar-refractivity contribution is 5.94. The molecule has 0 amide bonds. The predicted octanol–water partition coefficient (Wildman–Crippen LogP) is 2.56. The SMILES string of the molecule is CCCC(C)(C)Nc1nc(C)ncc1C(=O)OC. The topological polar surface area (TPSA) is 64.1 Å². The maximum atomic E-state index is 11.6. The molecule has 1 heterocycles. The quantitative estimate of drug-likeness (QED) is 0.815. The number of rotatable bonds is 5. The van der Waals surface area contributed by atoms with Crippen LogP contribution in [-0.2, 0) is 4.74 Å². The first kappa shape index (κ1) is 14.4. The average molecular weight is 251 g/mol. The Kier molecular flexibility index (Phi) is 4.64. The Bertz CT molecular complexity index is 430. The third-order valence-electron chi connectivity index (χ3n) is 2.65. The third kappa shape index (κ3) is 3.68. The smallest absolute Gasteiger partial charge is 0.343 e. The summed E-state index contributed by atoms with van der Waals surface area (Å²) in [5, 5.41) is 3.29. The van der Waals surface area contributed by atoms with Crippen LogP contribution in [-0.4, -0.2) is 28.6 Å². The van der Waals surface area contributed by atoms with Gasteiger partial charge in [0.05, 0.1) is 7.11 Å². The van der Waals surface area contributed by atoms with Crippen molar-refractivity contribution >= 4 is 11.8 Å². The molecule has 0 aliphatic carbocycles. The maximum absolute atomic E-state index is 11.6. The van der Waals surface area contributed by atoms with E-state index in [1.165, 1.54) is 13.3 Å². The van der Waals surface area contributed by atoms with E-state index in [2.05, 4.69) is 36.1 Å². The monoisotopic (exact) mass is 251 g/mol. The van der Waals surface area contributed by atoms with Crippen LogP contribution in [0.15, 0.2) is 6.20 Å². The predicted molar refractivity (Wildman–Crippen MR) is 70.7 cm³/mol. The molecule has 1 N–H and O–H groups in total. The molecular formula is C13H21N3O2. The zero-order valence-corrected chi connectivity index (χ0v) is 11.7. The molecule has 0 radical (unpaired) electrons. The van der Waals surface area contributed by atoms with Crippen LogP contribution in [0.3, 0.4) is 0 Å². The van der Waals surface area contributed by atoms with E-state index in [0.29, 0.717) is 17.2 Å². The molecule has 0 spiro atoms. The van der Waals surface area contributed by atoms with E-state index in [-0.39, 0.29) is 5.54 Å². The molecule has 0 aromatic carbocycles. The molecule has 1 aromatic heterocycles. The molecule has 0 aliphatic rings. The van der Waals surface area contributed by atoms with Crippen molar-refractivity contribution in [1.29, 1.82) is 0 Å². The summed E-state index contributed by atoms with van der Waals surface area (Å²) in [7, 11) is 1.35. The summed E-state index contributed by atoms with van der Waals surface area (Å²) < 4.78 is 4.73. The number of esters is 1. The largest absolute Gasteiger partial charge is 0.465 e. The fourth-order valence-electron chi connectivity index (χ4n) is 1.83. The van der Waals surface area contributed by atoms with Gasteiger partial charge in [-0.15, -0.1) is 0 Å². The van der Waals surface area contributed by atoms with Crippen molar-refractivity contribution in [2.45, 2.75) is 46.1 Å². The molecule has 0 aliphatic heterocycles. The van der Waals surface area contributed by atoms with Gasteiger partial charge < -0.3 is 10.1 Å². The number of carbonyl (C=O) groups excluding carboxylic acids is 1. The Hall–Kier alpha value is -1.65. The van der Waals surface area contributed by atoms with E-state index >= 15 is 0 Å². The van der Waals surface area contributed by atoms with Gasteiger partial charge in [-0.05, 0) is 27.2 Å². The normalized spacial score (nSPS) is 11.2. The van der Waals surface area contributed by atoms with Crippen LogP contribution < -0.4 is 5.32 Å². The van der Waals surface area contributed by atoms with Crippen molar-refractivity contribution < 1.29 is 9.53 Å². The molecule has 0 atom stereocenters. The van der Waals surface area contributed by atoms with Crippen LogP contribution >= 0.6 is 0 Å². The summed E-state index contributed by atoms with van der Waals surface area (Å²) in [4.78, 5) is 20.0. The fourth-order valence-corrected chi connectivity index (χ4v) is 1.83. The van der Waals surface area contributed by atoms with Crippen LogP contribution in [0, 0.1) is 6.92 Å². The Labute approximate surface area is 108 Å². The van der Waals surface area contributed by atoms with Crippen LogP contribution in [0.5, 0.6) is 0 Å². The van der Waals surface area contributed by atoms with Crippen LogP contribution in [0.1, 0.15) is 49.8 Å². The highest BCUT2D eigenvalue weighted by Gasteiger charge is 2.21. The molecular weight excluding hydrogens is 230 g/mol. The van der Waals surface area contributed by atoms with Gasteiger partial charge in [-0.2, -0.15) is 0 Å². The van der Waals surface area contributed by atoms with E-state index in [1.54, 1.807) is 6.92 Å². The lowest BCUT2D eigenvalue weighted by Crippen LogP contribution is -2.32. The van der Waals surface area contributed by atoms with E-state index in [1.807, 2.05) is 0 Å². The molecule has 5 heteroatoms. The van der Waals surface area contributed by atoms with Gasteiger partial charge in [0.25, 0.3) is 0 Å². The van der Waals surface area contributed by atoms with Gasteiger partial charge >= 0.3 is 5.97 Å². The first-order valence-electron chi connectivity index (χ1n) is 6.09. The number of carbonyl (C=O) groups is 1. The lowest BCUT2D eigenvalue weighted by atomic mass is 9.99. The van der Waals surface area contributed by atoms with Crippen LogP contribution in [0.2, 0.25) is 0 Å². The van der Waals surface area contributed by atoms with E-state index in [4.69, 9.17) is 4.74 Å². The Balaban J connectivity index is 3.06. The van der Waals surface area contributed by atoms with Gasteiger partial charge in [0.15, 0.2) is 0 Å². The Morgan fingerprint density at radius 1 is 1.50 bits per heavy atom. The molecule has 0 saturated heterocycles. The number of anilines is 1. The van der Waals surface area contributed by atoms with Crippen molar-refractivity contribution in [2.24, 2.45) is 0 Å². The van der Waals surface area contributed by atoms with Gasteiger partial charge in [-0.3, -0.25) is 0 Å². The van der Waals surface area contributed by atoms with Crippen molar-refractivity contribution in [3.05, 3.63) is 17.6 Å². The van der Waals surface area contributed by atoms with Crippen molar-refractivity contribution in [1.82, 2.24) is 9.97 Å². The maximum Gasteiger partial charge on any atom is 0.343 e. The summed E-state index contributed by atoms with van der Waals surface area (Å²) >= 11 is 0. The zero-order valence-electron chi connectivity index (χ0n) is 11.7. The number of nitrogens with zero attached hydrogens (tertiary/aromatic N) is 2. The summed E-state index contributed by atoms with van der Waals surface area (Å²) in [5.41, 5.74) is 0.241. The first-order chi connectivity index (χ1) is 8.39. The lowest BCUT2D eigenvalue weighted by Gasteiger charge is -2.27. The molecule has 0 bridgehead atoms. The van der Waals surface area contributed by atoms with E-state index in [0.717, 1.165) is 12.8 Å². The number of ether oxygens (including phenoxy) is 1. The van der Waals surface area contributed by atoms with Crippen molar-refractivity contribution in [3.8, 4) is 0 Å². The molecule has 1 aromatic rings. The number of aryl methyl sites for hydroxylation is 1. The minimum atomic E-state index is -0.426. The zero-order chi connectivity index (χ0) is 13.8. The number of aromatic nitrogens is 2. The lowest BCUT2D eigenvalue weighted by molar-refractivity contribution is 0.0601. The molecule has 0 fully saturated rings. The van der Waals surface area contributed by atoms with Crippen molar-refractivity contribution in [2.75, 3.05) is 12.4 Å². The summed E-state index contributed by atoms with van der Waals surface area (Å²) in [6.07, 6.45) is 3.53. The van der Waals surface area contributed by atoms with E-state index < -0.39 is 5.97 Å². The number of hydrogen-bond acceptors (Lipinski definition) is 5. The molecule has 0 unspecified atom stereocenters. The van der Waals surface area contributed by atoms with Crippen LogP contribution in [0.25, 0.3) is 0 Å². The summed E-state index contributed by atoms with van der Waals surface area (Å²) in [5.74, 6) is 0.732. The standard InChI is InChI=1S/C13H21N3O2/c1-6-7-13(3,4)16-11-10(12(17)18-5)8-14-9(2)15-11/h8H,6-7H2,1-5H3,(H,14,15,16). The highest BCUT2D eigenvalue weighted by atomic mass is 16.5. The number of nitrogens with one attached hydrogen (secondary N) is 1. The minimum absolute atomic E-state index is 0.127. The van der Waals surface area contributed by atoms with E-state index in [9.17, 15) is 4.79 Å². The Morgan fingerprint density at radius 3 is 2.72 bits per heavy atom. The third-order valence-corrected chi connectivity index (χ3v) is 2.65. The molecule has 100 valence electrons. The van der Waals surface area contributed by atoms with Crippen LogP contribution in [0.4, 0.5) is 5.82 Å². The minimum Gasteiger partial charge on any atom is -0.465 e. The highest BCUT2D eigenvalue weighted by Crippen LogP contribution is 2.21. The second-order valence-corrected chi connectivity index (χ2v) is 4.93. The molecule has 18 heavy (non-hydrogen) atoms. The second-order valence-electron chi connectivity index (χ2n) is 4.93. The van der Waals surface area contributed by atoms with Gasteiger partial charge in [-0.1, -0.05) is 13.3 Å². The summed E-state index contributed by atoms with van der Waals surface area (Å²) in [6.45, 7) is 8.07. The van der Waals surface area contributed by atoms with Gasteiger partial charge in [0.2, 0.25) is 0 Å².